The van der Waals surface area contributed by atoms with E-state index in [1.54, 1.807) is 0 Å². The van der Waals surface area contributed by atoms with Gasteiger partial charge < -0.3 is 9.88 Å². The Morgan fingerprint density at radius 1 is 1.14 bits per heavy atom. The number of benzene rings is 1. The molecule has 2 aromatic rings. The predicted octanol–water partition coefficient (Wildman–Crippen LogP) is 3.82. The van der Waals surface area contributed by atoms with Crippen LogP contribution in [0.2, 0.25) is 0 Å². The molecule has 3 heteroatoms. The highest BCUT2D eigenvalue weighted by Gasteiger charge is 2.05. The van der Waals surface area contributed by atoms with Crippen molar-refractivity contribution < 1.29 is 0 Å². The number of hydrogen-bond donors (Lipinski definition) is 1. The Hall–Kier alpha value is -1.61. The van der Waals surface area contributed by atoms with Crippen LogP contribution >= 0.6 is 0 Å². The van der Waals surface area contributed by atoms with Crippen molar-refractivity contribution in [1.29, 1.82) is 0 Å². The largest absolute Gasteiger partial charge is 0.337 e. The van der Waals surface area contributed by atoms with Gasteiger partial charge in [-0.2, -0.15) is 0 Å². The van der Waals surface area contributed by atoms with Gasteiger partial charge in [-0.15, -0.1) is 0 Å². The van der Waals surface area contributed by atoms with E-state index >= 15 is 0 Å². The molecule has 0 fully saturated rings. The van der Waals surface area contributed by atoms with Crippen molar-refractivity contribution in [3.05, 3.63) is 54.1 Å². The van der Waals surface area contributed by atoms with Gasteiger partial charge in [0, 0.05) is 25.0 Å². The van der Waals surface area contributed by atoms with E-state index in [-0.39, 0.29) is 0 Å². The Morgan fingerprint density at radius 3 is 2.52 bits per heavy atom. The fourth-order valence-electron chi connectivity index (χ4n) is 2.53. The molecular formula is C18H27N3. The molecule has 1 aromatic heterocycles. The molecule has 0 aliphatic rings. The van der Waals surface area contributed by atoms with E-state index in [0.29, 0.717) is 6.04 Å². The zero-order valence-electron chi connectivity index (χ0n) is 13.4. The van der Waals surface area contributed by atoms with E-state index in [9.17, 15) is 0 Å². The monoisotopic (exact) mass is 285 g/mol. The average molecular weight is 285 g/mol. The highest BCUT2D eigenvalue weighted by Crippen LogP contribution is 2.15. The number of aryl methyl sites for hydroxylation is 1. The minimum Gasteiger partial charge on any atom is -0.337 e. The van der Waals surface area contributed by atoms with Gasteiger partial charge in [0.1, 0.15) is 0 Å². The quantitative estimate of drug-likeness (QED) is 0.747. The lowest BCUT2D eigenvalue weighted by atomic mass is 10.00. The number of hydrogen-bond acceptors (Lipinski definition) is 2. The summed E-state index contributed by atoms with van der Waals surface area (Å²) in [6.07, 6.45) is 7.99. The van der Waals surface area contributed by atoms with Crippen LogP contribution in [0.5, 0.6) is 0 Å². The van der Waals surface area contributed by atoms with Crippen LogP contribution in [0, 0.1) is 5.92 Å². The van der Waals surface area contributed by atoms with E-state index in [1.165, 1.54) is 11.1 Å². The summed E-state index contributed by atoms with van der Waals surface area (Å²) in [5, 5.41) is 3.59. The molecule has 3 nitrogen and oxygen atoms in total. The summed E-state index contributed by atoms with van der Waals surface area (Å²) in [6.45, 7) is 8.80. The SMILES string of the molecule is CC(C)Cc1ccc(C(C)NCCCn2ccnc2)cc1. The average Bonchev–Trinajstić information content (AvgIpc) is 2.97. The van der Waals surface area contributed by atoms with Crippen LogP contribution in [-0.2, 0) is 13.0 Å². The molecule has 1 aromatic carbocycles. The Kier molecular flexibility index (Phi) is 6.00. The van der Waals surface area contributed by atoms with Crippen LogP contribution in [0.15, 0.2) is 43.0 Å². The van der Waals surface area contributed by atoms with Crippen molar-refractivity contribution in [2.75, 3.05) is 6.54 Å². The Balaban J connectivity index is 1.73. The van der Waals surface area contributed by atoms with Crippen LogP contribution < -0.4 is 5.32 Å². The molecular weight excluding hydrogens is 258 g/mol. The number of aromatic nitrogens is 2. The van der Waals surface area contributed by atoms with Crippen LogP contribution in [-0.4, -0.2) is 16.1 Å². The molecule has 0 spiro atoms. The van der Waals surface area contributed by atoms with E-state index in [0.717, 1.165) is 31.8 Å². The lowest BCUT2D eigenvalue weighted by Crippen LogP contribution is -2.20. The molecule has 1 unspecified atom stereocenters. The van der Waals surface area contributed by atoms with Crippen molar-refractivity contribution in [1.82, 2.24) is 14.9 Å². The molecule has 1 heterocycles. The maximum atomic E-state index is 4.05. The smallest absolute Gasteiger partial charge is 0.0945 e. The van der Waals surface area contributed by atoms with Gasteiger partial charge >= 0.3 is 0 Å². The fraction of sp³-hybridized carbons (Fsp3) is 0.500. The zero-order chi connectivity index (χ0) is 15.1. The molecule has 0 aliphatic heterocycles. The Labute approximate surface area is 128 Å². The molecule has 0 aliphatic carbocycles. The van der Waals surface area contributed by atoms with Gasteiger partial charge in [0.25, 0.3) is 0 Å². The van der Waals surface area contributed by atoms with Gasteiger partial charge in [0.15, 0.2) is 0 Å². The summed E-state index contributed by atoms with van der Waals surface area (Å²) >= 11 is 0. The van der Waals surface area contributed by atoms with Gasteiger partial charge in [0.2, 0.25) is 0 Å². The van der Waals surface area contributed by atoms with Crippen molar-refractivity contribution in [2.45, 2.75) is 46.2 Å². The van der Waals surface area contributed by atoms with Gasteiger partial charge in [-0.1, -0.05) is 38.1 Å². The molecule has 0 saturated carbocycles. The normalized spacial score (nSPS) is 12.8. The second kappa shape index (κ2) is 7.99. The maximum Gasteiger partial charge on any atom is 0.0945 e. The molecule has 1 N–H and O–H groups in total. The lowest BCUT2D eigenvalue weighted by Gasteiger charge is -2.15. The molecule has 114 valence electrons. The first-order chi connectivity index (χ1) is 10.1. The molecule has 0 bridgehead atoms. The summed E-state index contributed by atoms with van der Waals surface area (Å²) in [4.78, 5) is 4.05. The second-order valence-corrected chi connectivity index (χ2v) is 6.17. The van der Waals surface area contributed by atoms with Crippen molar-refractivity contribution in [3.63, 3.8) is 0 Å². The molecule has 21 heavy (non-hydrogen) atoms. The van der Waals surface area contributed by atoms with Crippen molar-refractivity contribution in [3.8, 4) is 0 Å². The zero-order valence-corrected chi connectivity index (χ0v) is 13.4. The highest BCUT2D eigenvalue weighted by molar-refractivity contribution is 5.25. The van der Waals surface area contributed by atoms with Crippen LogP contribution in [0.3, 0.4) is 0 Å². The third-order valence-corrected chi connectivity index (χ3v) is 3.73. The lowest BCUT2D eigenvalue weighted by molar-refractivity contribution is 0.526. The second-order valence-electron chi connectivity index (χ2n) is 6.17. The first-order valence-corrected chi connectivity index (χ1v) is 7.93. The number of imidazole rings is 1. The highest BCUT2D eigenvalue weighted by atomic mass is 15.0. The molecule has 0 radical (unpaired) electrons. The van der Waals surface area contributed by atoms with E-state index < -0.39 is 0 Å². The van der Waals surface area contributed by atoms with E-state index in [2.05, 4.69) is 59.9 Å². The Bertz CT molecular complexity index is 500. The molecule has 2 rings (SSSR count). The standard InChI is InChI=1S/C18H27N3/c1-15(2)13-17-5-7-18(8-6-17)16(3)20-9-4-11-21-12-10-19-14-21/h5-8,10,12,14-16,20H,4,9,11,13H2,1-3H3. The van der Waals surface area contributed by atoms with Gasteiger partial charge in [0.05, 0.1) is 6.33 Å². The summed E-state index contributed by atoms with van der Waals surface area (Å²) in [5.74, 6) is 0.717. The number of rotatable bonds is 8. The number of nitrogens with zero attached hydrogens (tertiary/aromatic N) is 2. The first-order valence-electron chi connectivity index (χ1n) is 7.93. The predicted molar refractivity (Wildman–Crippen MR) is 88.2 cm³/mol. The maximum absolute atomic E-state index is 4.05. The Morgan fingerprint density at radius 2 is 1.90 bits per heavy atom. The van der Waals surface area contributed by atoms with E-state index in [1.807, 2.05) is 18.7 Å². The summed E-state index contributed by atoms with van der Waals surface area (Å²) in [5.41, 5.74) is 2.80. The summed E-state index contributed by atoms with van der Waals surface area (Å²) < 4.78 is 2.12. The minimum absolute atomic E-state index is 0.404. The molecule has 1 atom stereocenters. The number of nitrogens with one attached hydrogen (secondary N) is 1. The van der Waals surface area contributed by atoms with Crippen molar-refractivity contribution >= 4 is 0 Å². The topological polar surface area (TPSA) is 29.9 Å². The van der Waals surface area contributed by atoms with Gasteiger partial charge in [-0.3, -0.25) is 0 Å². The molecule has 0 amide bonds. The third-order valence-electron chi connectivity index (χ3n) is 3.73. The fourth-order valence-corrected chi connectivity index (χ4v) is 2.53. The van der Waals surface area contributed by atoms with Crippen LogP contribution in [0.25, 0.3) is 0 Å². The van der Waals surface area contributed by atoms with Crippen LogP contribution in [0.1, 0.15) is 44.4 Å². The summed E-state index contributed by atoms with van der Waals surface area (Å²) in [7, 11) is 0. The molecule has 0 saturated heterocycles. The van der Waals surface area contributed by atoms with Crippen molar-refractivity contribution in [2.24, 2.45) is 5.92 Å². The van der Waals surface area contributed by atoms with Crippen LogP contribution in [0.4, 0.5) is 0 Å². The van der Waals surface area contributed by atoms with E-state index in [4.69, 9.17) is 0 Å². The van der Waals surface area contributed by atoms with Gasteiger partial charge in [-0.25, -0.2) is 4.98 Å². The third kappa shape index (κ3) is 5.35. The minimum atomic E-state index is 0.404. The first kappa shape index (κ1) is 15.8. The summed E-state index contributed by atoms with van der Waals surface area (Å²) in [6, 6.07) is 9.44. The van der Waals surface area contributed by atoms with Gasteiger partial charge in [-0.05, 0) is 43.4 Å².